The first-order valence-electron chi connectivity index (χ1n) is 10.7. The summed E-state index contributed by atoms with van der Waals surface area (Å²) >= 11 is 0. The maximum Gasteiger partial charge on any atom is 0.162 e. The minimum atomic E-state index is 0.402. The molecule has 2 aliphatic rings. The predicted molar refractivity (Wildman–Crippen MR) is 116 cm³/mol. The largest absolute Gasteiger partial charge is 0.399 e. The van der Waals surface area contributed by atoms with Crippen molar-refractivity contribution < 1.29 is 0 Å². The Labute approximate surface area is 171 Å². The van der Waals surface area contributed by atoms with Crippen LogP contribution in [0.15, 0.2) is 36.8 Å². The summed E-state index contributed by atoms with van der Waals surface area (Å²) in [4.78, 5) is 14.0. The van der Waals surface area contributed by atoms with Crippen LogP contribution in [-0.2, 0) is 0 Å². The zero-order valence-corrected chi connectivity index (χ0v) is 17.0. The normalized spacial score (nSPS) is 24.2. The Hall–Kier alpha value is -2.51. The molecular formula is C22H29N7. The minimum Gasteiger partial charge on any atom is -0.399 e. The number of nitrogens with two attached hydrogens (primary N) is 1. The van der Waals surface area contributed by atoms with E-state index in [2.05, 4.69) is 31.5 Å². The Balaban J connectivity index is 1.38. The highest BCUT2D eigenvalue weighted by molar-refractivity contribution is 5.90. The number of benzene rings is 1. The molecule has 29 heavy (non-hydrogen) atoms. The molecule has 0 radical (unpaired) electrons. The lowest BCUT2D eigenvalue weighted by Gasteiger charge is -2.41. The van der Waals surface area contributed by atoms with E-state index in [-0.39, 0.29) is 0 Å². The van der Waals surface area contributed by atoms with Gasteiger partial charge >= 0.3 is 0 Å². The third kappa shape index (κ3) is 3.60. The van der Waals surface area contributed by atoms with E-state index in [9.17, 15) is 0 Å². The third-order valence-electron chi connectivity index (χ3n) is 6.62. The summed E-state index contributed by atoms with van der Waals surface area (Å²) in [7, 11) is 2.22. The second-order valence-electron chi connectivity index (χ2n) is 8.48. The SMILES string of the molecule is CN1CCN(C2CCC(n3nc(-c4ccc(N)cc4)c4cncnc43)CC2)CC1. The van der Waals surface area contributed by atoms with Gasteiger partial charge in [-0.25, -0.2) is 14.6 Å². The van der Waals surface area contributed by atoms with Gasteiger partial charge in [0.05, 0.1) is 11.4 Å². The van der Waals surface area contributed by atoms with Gasteiger partial charge in [-0.05, 0) is 44.9 Å². The molecule has 2 aromatic heterocycles. The van der Waals surface area contributed by atoms with E-state index in [4.69, 9.17) is 10.8 Å². The van der Waals surface area contributed by atoms with Crippen molar-refractivity contribution in [3.05, 3.63) is 36.8 Å². The molecule has 7 nitrogen and oxygen atoms in total. The van der Waals surface area contributed by atoms with Crippen LogP contribution in [0.2, 0.25) is 0 Å². The van der Waals surface area contributed by atoms with E-state index in [1.54, 1.807) is 6.33 Å². The van der Waals surface area contributed by atoms with Crippen LogP contribution in [0.4, 0.5) is 5.69 Å². The Kier molecular flexibility index (Phi) is 4.93. The number of likely N-dealkylation sites (N-methyl/N-ethyl adjacent to an activating group) is 1. The molecule has 3 heterocycles. The average molecular weight is 392 g/mol. The van der Waals surface area contributed by atoms with Crippen LogP contribution in [0, 0.1) is 0 Å². The molecule has 1 aromatic carbocycles. The van der Waals surface area contributed by atoms with Crippen molar-refractivity contribution in [2.24, 2.45) is 0 Å². The lowest BCUT2D eigenvalue weighted by Crippen LogP contribution is -2.49. The highest BCUT2D eigenvalue weighted by Crippen LogP contribution is 2.35. The summed E-state index contributed by atoms with van der Waals surface area (Å²) in [6.45, 7) is 4.77. The fraction of sp³-hybridized carbons (Fsp3) is 0.500. The number of rotatable bonds is 3. The van der Waals surface area contributed by atoms with Crippen LogP contribution < -0.4 is 5.73 Å². The number of fused-ring (bicyclic) bond motifs is 1. The van der Waals surface area contributed by atoms with Gasteiger partial charge in [-0.1, -0.05) is 12.1 Å². The Morgan fingerprint density at radius 2 is 1.62 bits per heavy atom. The van der Waals surface area contributed by atoms with Crippen LogP contribution in [0.3, 0.4) is 0 Å². The van der Waals surface area contributed by atoms with E-state index in [1.165, 1.54) is 39.0 Å². The third-order valence-corrected chi connectivity index (χ3v) is 6.62. The zero-order chi connectivity index (χ0) is 19.8. The second-order valence-corrected chi connectivity index (χ2v) is 8.48. The van der Waals surface area contributed by atoms with Gasteiger partial charge < -0.3 is 10.6 Å². The van der Waals surface area contributed by atoms with Crippen LogP contribution >= 0.6 is 0 Å². The van der Waals surface area contributed by atoms with Gasteiger partial charge in [0.15, 0.2) is 5.65 Å². The maximum absolute atomic E-state index is 5.86. The first kappa shape index (κ1) is 18.5. The molecule has 5 rings (SSSR count). The Bertz CT molecular complexity index is 964. The number of nitrogens with zero attached hydrogens (tertiary/aromatic N) is 6. The standard InChI is InChI=1S/C22H29N7/c1-27-10-12-28(13-11-27)18-6-8-19(9-7-18)29-22-20(14-24-15-25-22)21(26-29)16-2-4-17(23)5-3-16/h2-5,14-15,18-19H,6-13,23H2,1H3. The number of hydrogen-bond acceptors (Lipinski definition) is 6. The first-order chi connectivity index (χ1) is 14.2. The highest BCUT2D eigenvalue weighted by Gasteiger charge is 2.30. The van der Waals surface area contributed by atoms with Crippen molar-refractivity contribution in [2.45, 2.75) is 37.8 Å². The summed E-state index contributed by atoms with van der Waals surface area (Å²) < 4.78 is 2.16. The summed E-state index contributed by atoms with van der Waals surface area (Å²) in [6.07, 6.45) is 8.28. The topological polar surface area (TPSA) is 76.1 Å². The van der Waals surface area contributed by atoms with Crippen molar-refractivity contribution in [2.75, 3.05) is 39.0 Å². The van der Waals surface area contributed by atoms with Crippen LogP contribution in [0.25, 0.3) is 22.3 Å². The molecule has 0 amide bonds. The van der Waals surface area contributed by atoms with Gasteiger partial charge in [0.2, 0.25) is 0 Å². The molecule has 2 fully saturated rings. The molecule has 1 saturated heterocycles. The molecule has 1 saturated carbocycles. The molecule has 0 bridgehead atoms. The summed E-state index contributed by atoms with van der Waals surface area (Å²) in [5, 5.41) is 6.03. The molecular weight excluding hydrogens is 362 g/mol. The van der Waals surface area contributed by atoms with Crippen molar-refractivity contribution in [1.29, 1.82) is 0 Å². The van der Waals surface area contributed by atoms with Crippen molar-refractivity contribution in [3.63, 3.8) is 0 Å². The fourth-order valence-corrected chi connectivity index (χ4v) is 4.85. The predicted octanol–water partition coefficient (Wildman–Crippen LogP) is 2.81. The molecule has 2 N–H and O–H groups in total. The molecule has 7 heteroatoms. The van der Waals surface area contributed by atoms with Gasteiger partial charge in [-0.3, -0.25) is 4.90 Å². The fourth-order valence-electron chi connectivity index (χ4n) is 4.85. The van der Waals surface area contributed by atoms with E-state index in [0.717, 1.165) is 40.8 Å². The lowest BCUT2D eigenvalue weighted by atomic mass is 9.90. The molecule has 0 spiro atoms. The van der Waals surface area contributed by atoms with E-state index in [1.807, 2.05) is 30.5 Å². The molecule has 1 aliphatic heterocycles. The quantitative estimate of drug-likeness (QED) is 0.692. The summed E-state index contributed by atoms with van der Waals surface area (Å²) in [5.74, 6) is 0. The smallest absolute Gasteiger partial charge is 0.162 e. The highest BCUT2D eigenvalue weighted by atomic mass is 15.3. The van der Waals surface area contributed by atoms with Crippen LogP contribution in [-0.4, -0.2) is 68.8 Å². The van der Waals surface area contributed by atoms with E-state index >= 15 is 0 Å². The monoisotopic (exact) mass is 391 g/mol. The number of anilines is 1. The average Bonchev–Trinajstić information content (AvgIpc) is 3.15. The van der Waals surface area contributed by atoms with Gasteiger partial charge in [-0.2, -0.15) is 5.10 Å². The summed E-state index contributed by atoms with van der Waals surface area (Å²) in [5.41, 5.74) is 9.57. The van der Waals surface area contributed by atoms with Crippen LogP contribution in [0.1, 0.15) is 31.7 Å². The Morgan fingerprint density at radius 3 is 2.34 bits per heavy atom. The molecule has 3 aromatic rings. The van der Waals surface area contributed by atoms with Gasteiger partial charge in [0.1, 0.15) is 12.0 Å². The second kappa shape index (κ2) is 7.72. The number of piperazine rings is 1. The number of hydrogen-bond donors (Lipinski definition) is 1. The zero-order valence-electron chi connectivity index (χ0n) is 17.0. The van der Waals surface area contributed by atoms with Crippen LogP contribution in [0.5, 0.6) is 0 Å². The van der Waals surface area contributed by atoms with E-state index in [0.29, 0.717) is 12.1 Å². The summed E-state index contributed by atoms with van der Waals surface area (Å²) in [6, 6.07) is 9.01. The minimum absolute atomic E-state index is 0.402. The number of nitrogen functional groups attached to an aromatic ring is 1. The van der Waals surface area contributed by atoms with Crippen molar-refractivity contribution >= 4 is 16.7 Å². The molecule has 152 valence electrons. The maximum atomic E-state index is 5.86. The van der Waals surface area contributed by atoms with E-state index < -0.39 is 0 Å². The van der Waals surface area contributed by atoms with Gasteiger partial charge in [-0.15, -0.1) is 0 Å². The van der Waals surface area contributed by atoms with Gasteiger partial charge in [0, 0.05) is 49.7 Å². The lowest BCUT2D eigenvalue weighted by molar-refractivity contribution is 0.0815. The Morgan fingerprint density at radius 1 is 0.931 bits per heavy atom. The molecule has 0 unspecified atom stereocenters. The van der Waals surface area contributed by atoms with Crippen molar-refractivity contribution in [3.8, 4) is 11.3 Å². The first-order valence-corrected chi connectivity index (χ1v) is 10.7. The molecule has 0 atom stereocenters. The number of aromatic nitrogens is 4. The molecule has 1 aliphatic carbocycles. The van der Waals surface area contributed by atoms with Gasteiger partial charge in [0.25, 0.3) is 0 Å². The van der Waals surface area contributed by atoms with Crippen molar-refractivity contribution in [1.82, 2.24) is 29.5 Å².